The van der Waals surface area contributed by atoms with E-state index in [9.17, 15) is 9.59 Å². The average Bonchev–Trinajstić information content (AvgIpc) is 3.41. The third kappa shape index (κ3) is 4.57. The molecule has 1 saturated heterocycles. The van der Waals surface area contributed by atoms with E-state index in [4.69, 9.17) is 9.26 Å². The molecule has 0 spiro atoms. The molecule has 0 bridgehead atoms. The number of hydrogen-bond donors (Lipinski definition) is 1. The maximum absolute atomic E-state index is 12.2. The van der Waals surface area contributed by atoms with Crippen LogP contribution in [0.3, 0.4) is 0 Å². The zero-order valence-electron chi connectivity index (χ0n) is 16.0. The van der Waals surface area contributed by atoms with E-state index in [0.29, 0.717) is 18.8 Å². The SMILES string of the molecule is Cc1ccc(-c2ccc(=O)n(Cc3noc(C(=O)NC[C@H]4CCCO4)n3)n2)cc1. The number of aryl methyl sites for hydroxylation is 1. The average molecular weight is 395 g/mol. The van der Waals surface area contributed by atoms with Gasteiger partial charge in [0, 0.05) is 24.8 Å². The van der Waals surface area contributed by atoms with Gasteiger partial charge >= 0.3 is 11.8 Å². The van der Waals surface area contributed by atoms with Gasteiger partial charge in [-0.05, 0) is 25.8 Å². The summed E-state index contributed by atoms with van der Waals surface area (Å²) in [5, 5.41) is 10.9. The number of carbonyl (C=O) groups is 1. The van der Waals surface area contributed by atoms with E-state index < -0.39 is 5.91 Å². The molecule has 4 rings (SSSR count). The molecule has 1 fully saturated rings. The molecule has 1 amide bonds. The summed E-state index contributed by atoms with van der Waals surface area (Å²) in [4.78, 5) is 28.4. The van der Waals surface area contributed by atoms with Gasteiger partial charge in [-0.3, -0.25) is 9.59 Å². The first kappa shape index (κ1) is 19.0. The number of amides is 1. The van der Waals surface area contributed by atoms with Crippen molar-refractivity contribution in [1.82, 2.24) is 25.2 Å². The minimum absolute atomic E-state index is 0.00104. The highest BCUT2D eigenvalue weighted by molar-refractivity contribution is 5.89. The summed E-state index contributed by atoms with van der Waals surface area (Å²) in [6.45, 7) is 3.12. The summed E-state index contributed by atoms with van der Waals surface area (Å²) < 4.78 is 11.7. The molecule has 1 atom stereocenters. The van der Waals surface area contributed by atoms with Crippen molar-refractivity contribution in [1.29, 1.82) is 0 Å². The molecule has 1 aromatic carbocycles. The highest BCUT2D eigenvalue weighted by Crippen LogP contribution is 2.16. The minimum Gasteiger partial charge on any atom is -0.376 e. The molecule has 3 heterocycles. The molecule has 0 radical (unpaired) electrons. The molecule has 9 heteroatoms. The molecule has 0 unspecified atom stereocenters. The topological polar surface area (TPSA) is 112 Å². The van der Waals surface area contributed by atoms with Crippen LogP contribution in [0.4, 0.5) is 0 Å². The van der Waals surface area contributed by atoms with Gasteiger partial charge in [0.2, 0.25) is 0 Å². The molecular formula is C20H21N5O4. The molecule has 29 heavy (non-hydrogen) atoms. The molecule has 1 aliphatic heterocycles. The fourth-order valence-corrected chi connectivity index (χ4v) is 3.07. The summed E-state index contributed by atoms with van der Waals surface area (Å²) >= 11 is 0. The van der Waals surface area contributed by atoms with Crippen LogP contribution in [-0.4, -0.2) is 45.1 Å². The highest BCUT2D eigenvalue weighted by Gasteiger charge is 2.20. The van der Waals surface area contributed by atoms with Gasteiger partial charge in [-0.2, -0.15) is 10.1 Å². The van der Waals surface area contributed by atoms with E-state index in [0.717, 1.165) is 24.0 Å². The zero-order chi connectivity index (χ0) is 20.2. The van der Waals surface area contributed by atoms with Crippen LogP contribution in [0.2, 0.25) is 0 Å². The van der Waals surface area contributed by atoms with Crippen molar-refractivity contribution >= 4 is 5.91 Å². The summed E-state index contributed by atoms with van der Waals surface area (Å²) in [7, 11) is 0. The minimum atomic E-state index is -0.465. The summed E-state index contributed by atoms with van der Waals surface area (Å²) in [6.07, 6.45) is 1.93. The predicted molar refractivity (Wildman–Crippen MR) is 103 cm³/mol. The highest BCUT2D eigenvalue weighted by atomic mass is 16.5. The second-order valence-corrected chi connectivity index (χ2v) is 6.94. The van der Waals surface area contributed by atoms with Crippen LogP contribution >= 0.6 is 0 Å². The monoisotopic (exact) mass is 395 g/mol. The quantitative estimate of drug-likeness (QED) is 0.674. The van der Waals surface area contributed by atoms with Crippen molar-refractivity contribution in [2.24, 2.45) is 0 Å². The Morgan fingerprint density at radius 2 is 2.07 bits per heavy atom. The molecule has 1 aliphatic rings. The van der Waals surface area contributed by atoms with Crippen LogP contribution in [0.15, 0.2) is 45.7 Å². The van der Waals surface area contributed by atoms with Crippen LogP contribution in [0.1, 0.15) is 34.9 Å². The molecule has 0 saturated carbocycles. The number of aromatic nitrogens is 4. The van der Waals surface area contributed by atoms with Gasteiger partial charge in [-0.15, -0.1) is 0 Å². The zero-order valence-corrected chi connectivity index (χ0v) is 16.0. The number of carbonyl (C=O) groups excluding carboxylic acids is 1. The first-order valence-corrected chi connectivity index (χ1v) is 9.46. The molecule has 9 nitrogen and oxygen atoms in total. The van der Waals surface area contributed by atoms with E-state index in [1.165, 1.54) is 10.7 Å². The summed E-state index contributed by atoms with van der Waals surface area (Å²) in [6, 6.07) is 11.0. The molecule has 150 valence electrons. The molecule has 0 aliphatic carbocycles. The lowest BCUT2D eigenvalue weighted by Gasteiger charge is -2.08. The van der Waals surface area contributed by atoms with Crippen molar-refractivity contribution in [3.63, 3.8) is 0 Å². The number of benzene rings is 1. The second-order valence-electron chi connectivity index (χ2n) is 6.94. The Hall–Kier alpha value is -3.33. The van der Waals surface area contributed by atoms with Crippen LogP contribution in [-0.2, 0) is 11.3 Å². The fraction of sp³-hybridized carbons (Fsp3) is 0.350. The number of rotatable bonds is 6. The molecule has 3 aromatic rings. The molecule has 1 N–H and O–H groups in total. The number of nitrogens with one attached hydrogen (secondary N) is 1. The predicted octanol–water partition coefficient (Wildman–Crippen LogP) is 1.56. The maximum Gasteiger partial charge on any atom is 0.316 e. The summed E-state index contributed by atoms with van der Waals surface area (Å²) in [5.41, 5.74) is 2.39. The second kappa shape index (κ2) is 8.36. The fourth-order valence-electron chi connectivity index (χ4n) is 3.07. The largest absolute Gasteiger partial charge is 0.376 e. The van der Waals surface area contributed by atoms with E-state index in [-0.39, 0.29) is 29.9 Å². The smallest absolute Gasteiger partial charge is 0.316 e. The van der Waals surface area contributed by atoms with E-state index >= 15 is 0 Å². The van der Waals surface area contributed by atoms with Gasteiger partial charge in [0.05, 0.1) is 11.8 Å². The van der Waals surface area contributed by atoms with Gasteiger partial charge in [-0.25, -0.2) is 4.68 Å². The Morgan fingerprint density at radius 1 is 1.24 bits per heavy atom. The Bertz CT molecular complexity index is 1050. The Labute approximate surface area is 166 Å². The van der Waals surface area contributed by atoms with E-state index in [2.05, 4.69) is 20.6 Å². The lowest BCUT2D eigenvalue weighted by molar-refractivity contribution is 0.0822. The number of hydrogen-bond acceptors (Lipinski definition) is 7. The van der Waals surface area contributed by atoms with Crippen LogP contribution in [0.5, 0.6) is 0 Å². The Kier molecular flexibility index (Phi) is 5.48. The van der Waals surface area contributed by atoms with Crippen LogP contribution < -0.4 is 10.9 Å². The first-order chi connectivity index (χ1) is 14.1. The third-order valence-corrected chi connectivity index (χ3v) is 4.68. The standard InChI is InChI=1S/C20H21N5O4/c1-13-4-6-14(7-5-13)16-8-9-18(26)25(23-16)12-17-22-20(29-24-17)19(27)21-11-15-3-2-10-28-15/h4-9,15H,2-3,10-12H2,1H3,(H,21,27)/t15-/m1/s1. The Balaban J connectivity index is 1.45. The van der Waals surface area contributed by atoms with Gasteiger partial charge in [0.1, 0.15) is 6.54 Å². The maximum atomic E-state index is 12.2. The van der Waals surface area contributed by atoms with Crippen LogP contribution in [0, 0.1) is 6.92 Å². The van der Waals surface area contributed by atoms with Crippen molar-refractivity contribution in [3.8, 4) is 11.3 Å². The van der Waals surface area contributed by atoms with Crippen LogP contribution in [0.25, 0.3) is 11.3 Å². The van der Waals surface area contributed by atoms with E-state index in [1.807, 2.05) is 31.2 Å². The lowest BCUT2D eigenvalue weighted by Crippen LogP contribution is -2.32. The van der Waals surface area contributed by atoms with Gasteiger partial charge in [-0.1, -0.05) is 35.0 Å². The van der Waals surface area contributed by atoms with Gasteiger partial charge < -0.3 is 14.6 Å². The summed E-state index contributed by atoms with van der Waals surface area (Å²) in [5.74, 6) is -0.420. The number of nitrogens with zero attached hydrogens (tertiary/aromatic N) is 4. The normalized spacial score (nSPS) is 16.1. The van der Waals surface area contributed by atoms with Crippen molar-refractivity contribution < 1.29 is 14.1 Å². The first-order valence-electron chi connectivity index (χ1n) is 9.46. The van der Waals surface area contributed by atoms with Gasteiger partial charge in [0.25, 0.3) is 5.56 Å². The van der Waals surface area contributed by atoms with Crippen molar-refractivity contribution in [2.75, 3.05) is 13.2 Å². The van der Waals surface area contributed by atoms with Crippen molar-refractivity contribution in [2.45, 2.75) is 32.4 Å². The third-order valence-electron chi connectivity index (χ3n) is 4.68. The lowest BCUT2D eigenvalue weighted by atomic mass is 10.1. The Morgan fingerprint density at radius 3 is 2.83 bits per heavy atom. The van der Waals surface area contributed by atoms with Gasteiger partial charge in [0.15, 0.2) is 5.82 Å². The number of ether oxygens (including phenoxy) is 1. The van der Waals surface area contributed by atoms with E-state index in [1.54, 1.807) is 6.07 Å². The molecular weight excluding hydrogens is 374 g/mol. The molecule has 2 aromatic heterocycles. The van der Waals surface area contributed by atoms with Crippen molar-refractivity contribution in [3.05, 3.63) is 64.0 Å².